The van der Waals surface area contributed by atoms with Crippen LogP contribution in [0.25, 0.3) is 5.57 Å². The van der Waals surface area contributed by atoms with Crippen LogP contribution in [0.4, 0.5) is 0 Å². The molecule has 31 heavy (non-hydrogen) atoms. The van der Waals surface area contributed by atoms with Crippen LogP contribution in [-0.4, -0.2) is 52.8 Å². The first-order valence-electron chi connectivity index (χ1n) is 11.1. The van der Waals surface area contributed by atoms with Gasteiger partial charge in [0.05, 0.1) is 12.2 Å². The maximum Gasteiger partial charge on any atom is 0.277 e. The Labute approximate surface area is 184 Å². The van der Waals surface area contributed by atoms with Gasteiger partial charge >= 0.3 is 0 Å². The van der Waals surface area contributed by atoms with Crippen molar-refractivity contribution in [2.75, 3.05) is 26.2 Å². The van der Waals surface area contributed by atoms with Gasteiger partial charge in [0.25, 0.3) is 11.8 Å². The standard InChI is InChI=1S/C25H31N3O3/c1-4-16-28-24(29)22(20-7-9-21(10-8-20)31-18-5-2)23(25(28)30)27(6-3)17-13-19-11-14-26-15-12-19/h7-12,14-15H,4-6,13,16-18H2,1-3H3. The van der Waals surface area contributed by atoms with Crippen LogP contribution < -0.4 is 4.74 Å². The molecule has 0 unspecified atom stereocenters. The molecule has 0 spiro atoms. The van der Waals surface area contributed by atoms with Crippen LogP contribution in [0.5, 0.6) is 5.75 Å². The van der Waals surface area contributed by atoms with Gasteiger partial charge in [0.2, 0.25) is 0 Å². The monoisotopic (exact) mass is 421 g/mol. The quantitative estimate of drug-likeness (QED) is 0.515. The molecule has 6 nitrogen and oxygen atoms in total. The maximum atomic E-state index is 13.3. The van der Waals surface area contributed by atoms with Crippen molar-refractivity contribution in [3.63, 3.8) is 0 Å². The molecule has 2 aromatic rings. The molecule has 1 aromatic heterocycles. The number of likely N-dealkylation sites (N-methyl/N-ethyl adjacent to an activating group) is 1. The van der Waals surface area contributed by atoms with Gasteiger partial charge in [-0.2, -0.15) is 0 Å². The van der Waals surface area contributed by atoms with Crippen molar-refractivity contribution in [1.29, 1.82) is 0 Å². The van der Waals surface area contributed by atoms with Gasteiger partial charge in [0, 0.05) is 32.0 Å². The molecule has 2 heterocycles. The summed E-state index contributed by atoms with van der Waals surface area (Å²) in [6.45, 7) is 8.40. The smallest absolute Gasteiger partial charge is 0.277 e. The maximum absolute atomic E-state index is 13.3. The fourth-order valence-electron chi connectivity index (χ4n) is 3.72. The van der Waals surface area contributed by atoms with E-state index in [9.17, 15) is 9.59 Å². The summed E-state index contributed by atoms with van der Waals surface area (Å²) >= 11 is 0. The fraction of sp³-hybridized carbons (Fsp3) is 0.400. The number of ether oxygens (including phenoxy) is 1. The number of hydrogen-bond donors (Lipinski definition) is 0. The summed E-state index contributed by atoms with van der Waals surface area (Å²) in [6, 6.07) is 11.4. The van der Waals surface area contributed by atoms with Crippen molar-refractivity contribution in [2.24, 2.45) is 0 Å². The molecule has 0 radical (unpaired) electrons. The lowest BCUT2D eigenvalue weighted by atomic mass is 10.0. The van der Waals surface area contributed by atoms with Gasteiger partial charge in [0.15, 0.2) is 0 Å². The Morgan fingerprint density at radius 1 is 0.935 bits per heavy atom. The summed E-state index contributed by atoms with van der Waals surface area (Å²) < 4.78 is 5.67. The zero-order valence-electron chi connectivity index (χ0n) is 18.6. The Hall–Kier alpha value is -3.15. The highest BCUT2D eigenvalue weighted by Crippen LogP contribution is 2.32. The normalized spacial score (nSPS) is 13.8. The first-order chi connectivity index (χ1) is 15.1. The molecule has 0 saturated heterocycles. The molecule has 164 valence electrons. The fourth-order valence-corrected chi connectivity index (χ4v) is 3.72. The summed E-state index contributed by atoms with van der Waals surface area (Å²) in [5.41, 5.74) is 2.88. The molecule has 1 aliphatic heterocycles. The van der Waals surface area contributed by atoms with E-state index in [0.717, 1.165) is 36.1 Å². The zero-order valence-corrected chi connectivity index (χ0v) is 18.6. The van der Waals surface area contributed by atoms with Crippen LogP contribution in [0.1, 0.15) is 44.7 Å². The summed E-state index contributed by atoms with van der Waals surface area (Å²) in [6.07, 6.45) is 5.97. The summed E-state index contributed by atoms with van der Waals surface area (Å²) in [5.74, 6) is 0.344. The first kappa shape index (κ1) is 22.5. The van der Waals surface area contributed by atoms with E-state index in [2.05, 4.69) is 11.9 Å². The average Bonchev–Trinajstić information content (AvgIpc) is 3.04. The number of rotatable bonds is 11. The number of amides is 2. The predicted molar refractivity (Wildman–Crippen MR) is 121 cm³/mol. The lowest BCUT2D eigenvalue weighted by Crippen LogP contribution is -2.36. The third-order valence-corrected chi connectivity index (χ3v) is 5.32. The molecule has 1 aromatic carbocycles. The van der Waals surface area contributed by atoms with Crippen molar-refractivity contribution in [2.45, 2.75) is 40.0 Å². The SMILES string of the molecule is CCCOc1ccc(C2=C(N(CC)CCc3ccncc3)C(=O)N(CCC)C2=O)cc1. The molecule has 0 aliphatic carbocycles. The van der Waals surface area contributed by atoms with Crippen molar-refractivity contribution < 1.29 is 14.3 Å². The van der Waals surface area contributed by atoms with Gasteiger partial charge in [-0.05, 0) is 61.6 Å². The molecule has 3 rings (SSSR count). The van der Waals surface area contributed by atoms with Crippen molar-refractivity contribution >= 4 is 17.4 Å². The van der Waals surface area contributed by atoms with Crippen LogP contribution >= 0.6 is 0 Å². The molecule has 0 atom stereocenters. The summed E-state index contributed by atoms with van der Waals surface area (Å²) in [4.78, 5) is 34.0. The Bertz CT molecular complexity index is 923. The molecule has 0 N–H and O–H groups in total. The summed E-state index contributed by atoms with van der Waals surface area (Å²) in [5, 5.41) is 0. The second-order valence-corrected chi connectivity index (χ2v) is 7.54. The first-order valence-corrected chi connectivity index (χ1v) is 11.1. The molecule has 0 saturated carbocycles. The van der Waals surface area contributed by atoms with Gasteiger partial charge in [-0.1, -0.05) is 26.0 Å². The minimum atomic E-state index is -0.216. The van der Waals surface area contributed by atoms with E-state index in [1.54, 1.807) is 12.4 Å². The van der Waals surface area contributed by atoms with Crippen LogP contribution in [0.15, 0.2) is 54.5 Å². The van der Waals surface area contributed by atoms with Gasteiger partial charge in [0.1, 0.15) is 11.4 Å². The minimum Gasteiger partial charge on any atom is -0.494 e. The number of pyridine rings is 1. The van der Waals surface area contributed by atoms with Crippen LogP contribution in [0.3, 0.4) is 0 Å². The number of nitrogens with zero attached hydrogens (tertiary/aromatic N) is 3. The molecule has 0 fully saturated rings. The third-order valence-electron chi connectivity index (χ3n) is 5.32. The number of carbonyl (C=O) groups is 2. The van der Waals surface area contributed by atoms with Gasteiger partial charge in [-0.3, -0.25) is 19.5 Å². The van der Waals surface area contributed by atoms with E-state index in [0.29, 0.717) is 37.5 Å². The Morgan fingerprint density at radius 3 is 2.26 bits per heavy atom. The van der Waals surface area contributed by atoms with Gasteiger partial charge in [-0.25, -0.2) is 0 Å². The third kappa shape index (κ3) is 5.13. The molecule has 1 aliphatic rings. The van der Waals surface area contributed by atoms with E-state index < -0.39 is 0 Å². The average molecular weight is 422 g/mol. The lowest BCUT2D eigenvalue weighted by Gasteiger charge is -2.24. The van der Waals surface area contributed by atoms with E-state index >= 15 is 0 Å². The van der Waals surface area contributed by atoms with Gasteiger partial charge < -0.3 is 9.64 Å². The Morgan fingerprint density at radius 2 is 1.65 bits per heavy atom. The van der Waals surface area contributed by atoms with Crippen molar-refractivity contribution in [1.82, 2.24) is 14.8 Å². The Balaban J connectivity index is 1.94. The number of aromatic nitrogens is 1. The van der Waals surface area contributed by atoms with Crippen LogP contribution in [0, 0.1) is 0 Å². The van der Waals surface area contributed by atoms with E-state index in [1.165, 1.54) is 4.90 Å². The predicted octanol–water partition coefficient (Wildman–Crippen LogP) is 3.92. The van der Waals surface area contributed by atoms with E-state index in [4.69, 9.17) is 4.74 Å². The lowest BCUT2D eigenvalue weighted by molar-refractivity contribution is -0.137. The second kappa shape index (κ2) is 10.8. The van der Waals surface area contributed by atoms with Crippen LogP contribution in [-0.2, 0) is 16.0 Å². The van der Waals surface area contributed by atoms with E-state index in [1.807, 2.05) is 55.1 Å². The summed E-state index contributed by atoms with van der Waals surface area (Å²) in [7, 11) is 0. The zero-order chi connectivity index (χ0) is 22.2. The molecular formula is C25H31N3O3. The topological polar surface area (TPSA) is 62.7 Å². The molecule has 0 bridgehead atoms. The molecular weight excluding hydrogens is 390 g/mol. The van der Waals surface area contributed by atoms with E-state index in [-0.39, 0.29) is 11.8 Å². The van der Waals surface area contributed by atoms with Crippen molar-refractivity contribution in [3.05, 3.63) is 65.6 Å². The largest absolute Gasteiger partial charge is 0.494 e. The van der Waals surface area contributed by atoms with Crippen molar-refractivity contribution in [3.8, 4) is 5.75 Å². The second-order valence-electron chi connectivity index (χ2n) is 7.54. The van der Waals surface area contributed by atoms with Gasteiger partial charge in [-0.15, -0.1) is 0 Å². The Kier molecular flexibility index (Phi) is 7.82. The highest BCUT2D eigenvalue weighted by atomic mass is 16.5. The highest BCUT2D eigenvalue weighted by molar-refractivity contribution is 6.35. The highest BCUT2D eigenvalue weighted by Gasteiger charge is 2.40. The number of carbonyl (C=O) groups excluding carboxylic acids is 2. The number of hydrogen-bond acceptors (Lipinski definition) is 5. The minimum absolute atomic E-state index is 0.204. The molecule has 2 amide bonds. The van der Waals surface area contributed by atoms with Crippen LogP contribution in [0.2, 0.25) is 0 Å². The molecule has 6 heteroatoms. The number of imide groups is 1. The number of benzene rings is 1.